The average Bonchev–Trinajstić information content (AvgIpc) is 2.54. The van der Waals surface area contributed by atoms with E-state index in [1.807, 2.05) is 80.3 Å². The first-order valence-electron chi connectivity index (χ1n) is 7.94. The van der Waals surface area contributed by atoms with Crippen molar-refractivity contribution in [3.05, 3.63) is 71.8 Å². The molecule has 0 radical (unpaired) electrons. The predicted molar refractivity (Wildman–Crippen MR) is 93.4 cm³/mol. The lowest BCUT2D eigenvalue weighted by atomic mass is 9.90. The Morgan fingerprint density at radius 2 is 1.52 bits per heavy atom. The van der Waals surface area contributed by atoms with E-state index in [0.29, 0.717) is 6.54 Å². The number of hydrogen-bond acceptors (Lipinski definition) is 1. The maximum Gasteiger partial charge on any atom is 0.259 e. The van der Waals surface area contributed by atoms with E-state index in [1.54, 1.807) is 4.90 Å². The molecule has 2 aromatic carbocycles. The van der Waals surface area contributed by atoms with Gasteiger partial charge < -0.3 is 4.90 Å². The van der Waals surface area contributed by atoms with E-state index in [0.717, 1.165) is 11.1 Å². The Labute approximate surface area is 138 Å². The number of likely N-dealkylation sites (tertiary alicyclic amines) is 1. The van der Waals surface area contributed by atoms with Crippen molar-refractivity contribution < 1.29 is 9.18 Å². The van der Waals surface area contributed by atoms with Crippen LogP contribution in [0.15, 0.2) is 60.7 Å². The molecule has 1 heterocycles. The molecule has 0 saturated carbocycles. The molecule has 1 fully saturated rings. The van der Waals surface area contributed by atoms with Gasteiger partial charge in [0, 0.05) is 6.54 Å². The van der Waals surface area contributed by atoms with E-state index in [9.17, 15) is 4.79 Å². The minimum absolute atomic E-state index is 0.352. The van der Waals surface area contributed by atoms with Crippen molar-refractivity contribution in [1.82, 2.24) is 4.90 Å². The minimum atomic E-state index is -2.32. The zero-order valence-electron chi connectivity index (χ0n) is 13.8. The largest absolute Gasteiger partial charge is 0.325 e. The van der Waals surface area contributed by atoms with Crippen LogP contribution in [0.4, 0.5) is 4.39 Å². The molecule has 1 saturated heterocycles. The molecule has 4 heteroatoms. The summed E-state index contributed by atoms with van der Waals surface area (Å²) in [5, 5.41) is -1.73. The molecule has 1 aliphatic rings. The molecule has 0 bridgehead atoms. The first-order valence-corrected chi connectivity index (χ1v) is 11.4. The predicted octanol–water partition coefficient (Wildman–Crippen LogP) is 4.36. The Hall–Kier alpha value is -1.94. The quantitative estimate of drug-likeness (QED) is 0.604. The lowest BCUT2D eigenvalue weighted by Crippen LogP contribution is -2.74. The molecule has 0 spiro atoms. The average molecular weight is 327 g/mol. The third-order valence-corrected chi connectivity index (χ3v) is 7.33. The highest BCUT2D eigenvalue weighted by atomic mass is 28.3. The highest BCUT2D eigenvalue weighted by molar-refractivity contribution is 6.83. The van der Waals surface area contributed by atoms with Gasteiger partial charge in [0.15, 0.2) is 5.29 Å². The lowest BCUT2D eigenvalue weighted by Gasteiger charge is -2.56. The summed E-state index contributed by atoms with van der Waals surface area (Å²) in [5.74, 6) is -0.352. The molecule has 1 amide bonds. The summed E-state index contributed by atoms with van der Waals surface area (Å²) in [6.07, 6.45) is 0. The molecule has 0 aliphatic carbocycles. The molecule has 3 rings (SSSR count). The number of hydrogen-bond donors (Lipinski definition) is 0. The number of carbonyl (C=O) groups excluding carboxylic acids is 1. The molecular weight excluding hydrogens is 305 g/mol. The monoisotopic (exact) mass is 327 g/mol. The van der Waals surface area contributed by atoms with Crippen LogP contribution < -0.4 is 0 Å². The standard InChI is InChI=1S/C19H22FNOSi/c1-23(2,3)19(20)17(16-12-8-5-9-13-16)21(18(19)22)14-15-10-6-4-7-11-15/h4-13,17H,14H2,1-3H3/t17-,19-/m0/s1. The third kappa shape index (κ3) is 2.51. The number of carbonyl (C=O) groups is 1. The van der Waals surface area contributed by atoms with Gasteiger partial charge in [-0.05, 0) is 11.1 Å². The van der Waals surface area contributed by atoms with E-state index in [1.165, 1.54) is 0 Å². The highest BCUT2D eigenvalue weighted by Gasteiger charge is 2.68. The normalized spacial score (nSPS) is 24.4. The van der Waals surface area contributed by atoms with Crippen LogP contribution in [0.3, 0.4) is 0 Å². The highest BCUT2D eigenvalue weighted by Crippen LogP contribution is 2.51. The van der Waals surface area contributed by atoms with Crippen LogP contribution in [0, 0.1) is 0 Å². The molecule has 1 aliphatic heterocycles. The van der Waals surface area contributed by atoms with Crippen molar-refractivity contribution in [3.8, 4) is 0 Å². The zero-order chi connectivity index (χ0) is 16.7. The van der Waals surface area contributed by atoms with Crippen LogP contribution in [-0.4, -0.2) is 24.2 Å². The van der Waals surface area contributed by atoms with Crippen LogP contribution >= 0.6 is 0 Å². The van der Waals surface area contributed by atoms with Gasteiger partial charge in [0.1, 0.15) is 8.07 Å². The number of benzene rings is 2. The fourth-order valence-corrected chi connectivity index (χ4v) is 5.24. The van der Waals surface area contributed by atoms with Crippen molar-refractivity contribution in [1.29, 1.82) is 0 Å². The molecule has 2 nitrogen and oxygen atoms in total. The second kappa shape index (κ2) is 5.60. The first kappa shape index (κ1) is 15.9. The van der Waals surface area contributed by atoms with Crippen LogP contribution in [0.5, 0.6) is 0 Å². The summed E-state index contributed by atoms with van der Waals surface area (Å²) in [5.41, 5.74) is 1.91. The lowest BCUT2D eigenvalue weighted by molar-refractivity contribution is -0.167. The van der Waals surface area contributed by atoms with Crippen molar-refractivity contribution in [3.63, 3.8) is 0 Å². The number of nitrogens with zero attached hydrogens (tertiary/aromatic N) is 1. The molecule has 2 aromatic rings. The number of β-lactam (4-membered cyclic amide) rings is 1. The summed E-state index contributed by atoms with van der Waals surface area (Å²) in [7, 11) is -2.32. The second-order valence-electron chi connectivity index (χ2n) is 7.19. The van der Waals surface area contributed by atoms with Gasteiger partial charge in [-0.2, -0.15) is 0 Å². The second-order valence-corrected chi connectivity index (χ2v) is 12.4. The fourth-order valence-electron chi connectivity index (χ4n) is 3.31. The molecule has 120 valence electrons. The fraction of sp³-hybridized carbons (Fsp3) is 0.316. The van der Waals surface area contributed by atoms with Crippen LogP contribution in [0.1, 0.15) is 17.2 Å². The van der Waals surface area contributed by atoms with E-state index >= 15 is 4.39 Å². The van der Waals surface area contributed by atoms with Crippen molar-refractivity contribution in [2.75, 3.05) is 0 Å². The minimum Gasteiger partial charge on any atom is -0.325 e. The first-order chi connectivity index (χ1) is 10.9. The molecule has 23 heavy (non-hydrogen) atoms. The maximum absolute atomic E-state index is 15.8. The Morgan fingerprint density at radius 1 is 1.00 bits per heavy atom. The number of rotatable bonds is 4. The molecule has 0 unspecified atom stereocenters. The number of alkyl halides is 1. The summed E-state index contributed by atoms with van der Waals surface area (Å²) in [4.78, 5) is 14.4. The summed E-state index contributed by atoms with van der Waals surface area (Å²) >= 11 is 0. The smallest absolute Gasteiger partial charge is 0.259 e. The number of amides is 1. The van der Waals surface area contributed by atoms with E-state index < -0.39 is 19.4 Å². The van der Waals surface area contributed by atoms with E-state index in [4.69, 9.17) is 0 Å². The van der Waals surface area contributed by atoms with Gasteiger partial charge >= 0.3 is 0 Å². The van der Waals surface area contributed by atoms with Crippen molar-refractivity contribution in [2.45, 2.75) is 37.5 Å². The Morgan fingerprint density at radius 3 is 2.04 bits per heavy atom. The van der Waals surface area contributed by atoms with Crippen molar-refractivity contribution in [2.24, 2.45) is 0 Å². The molecule has 0 N–H and O–H groups in total. The zero-order valence-corrected chi connectivity index (χ0v) is 14.8. The Bertz CT molecular complexity index is 698. The van der Waals surface area contributed by atoms with Crippen molar-refractivity contribution >= 4 is 14.0 Å². The van der Waals surface area contributed by atoms with Crippen LogP contribution in [-0.2, 0) is 11.3 Å². The van der Waals surface area contributed by atoms with Crippen LogP contribution in [0.2, 0.25) is 19.6 Å². The Balaban J connectivity index is 1.98. The van der Waals surface area contributed by atoms with Gasteiger partial charge in [0.2, 0.25) is 0 Å². The van der Waals surface area contributed by atoms with Gasteiger partial charge in [-0.1, -0.05) is 80.3 Å². The molecule has 0 aromatic heterocycles. The van der Waals surface area contributed by atoms with Gasteiger partial charge in [0.05, 0.1) is 6.04 Å². The molecule has 2 atom stereocenters. The van der Waals surface area contributed by atoms with E-state index in [-0.39, 0.29) is 5.91 Å². The summed E-state index contributed by atoms with van der Waals surface area (Å²) in [6.45, 7) is 6.25. The third-order valence-electron chi connectivity index (χ3n) is 4.66. The summed E-state index contributed by atoms with van der Waals surface area (Å²) in [6, 6.07) is 18.9. The summed E-state index contributed by atoms with van der Waals surface area (Å²) < 4.78 is 15.8. The molecular formula is C19H22FNOSi. The van der Waals surface area contributed by atoms with Gasteiger partial charge in [-0.25, -0.2) is 4.39 Å². The number of halogens is 1. The van der Waals surface area contributed by atoms with Gasteiger partial charge in [-0.3, -0.25) is 4.79 Å². The van der Waals surface area contributed by atoms with E-state index in [2.05, 4.69) is 0 Å². The van der Waals surface area contributed by atoms with Gasteiger partial charge in [0.25, 0.3) is 5.91 Å². The topological polar surface area (TPSA) is 20.3 Å². The van der Waals surface area contributed by atoms with Crippen LogP contribution in [0.25, 0.3) is 0 Å². The van der Waals surface area contributed by atoms with Gasteiger partial charge in [-0.15, -0.1) is 0 Å². The maximum atomic E-state index is 15.8. The SMILES string of the molecule is C[Si](C)(C)[C@]1(F)C(=O)N(Cc2ccccc2)[C@H]1c1ccccc1. The Kier molecular flexibility index (Phi) is 3.88.